The molecule has 6 nitrogen and oxygen atoms in total. The highest BCUT2D eigenvalue weighted by Crippen LogP contribution is 2.47. The van der Waals surface area contributed by atoms with E-state index in [0.717, 1.165) is 19.3 Å². The Morgan fingerprint density at radius 1 is 1.25 bits per heavy atom. The molecule has 2 aliphatic rings. The van der Waals surface area contributed by atoms with E-state index in [0.29, 0.717) is 29.2 Å². The van der Waals surface area contributed by atoms with Crippen molar-refractivity contribution in [2.75, 3.05) is 5.32 Å². The first-order valence-electron chi connectivity index (χ1n) is 8.31. The normalized spacial score (nSPS) is 27.9. The first-order chi connectivity index (χ1) is 11.7. The van der Waals surface area contributed by atoms with E-state index in [9.17, 15) is 4.79 Å². The summed E-state index contributed by atoms with van der Waals surface area (Å²) in [7, 11) is 0. The van der Waals surface area contributed by atoms with Crippen molar-refractivity contribution < 1.29 is 9.53 Å². The largest absolute Gasteiger partial charge is 0.437 e. The van der Waals surface area contributed by atoms with Crippen LogP contribution < -0.4 is 15.8 Å². The molecule has 6 heteroatoms. The first kappa shape index (κ1) is 15.1. The van der Waals surface area contributed by atoms with Gasteiger partial charge in [-0.1, -0.05) is 6.07 Å². The second-order valence-electron chi connectivity index (χ2n) is 6.60. The molecule has 0 radical (unpaired) electrons. The fraction of sp³-hybridized carbons (Fsp3) is 0.389. The molecule has 1 aromatic carbocycles. The maximum absolute atomic E-state index is 12.6. The summed E-state index contributed by atoms with van der Waals surface area (Å²) in [5.41, 5.74) is 6.96. The van der Waals surface area contributed by atoms with Crippen LogP contribution >= 0.6 is 0 Å². The summed E-state index contributed by atoms with van der Waals surface area (Å²) in [6.07, 6.45) is 8.07. The van der Waals surface area contributed by atoms with Crippen molar-refractivity contribution >= 4 is 11.6 Å². The second-order valence-corrected chi connectivity index (χ2v) is 6.60. The van der Waals surface area contributed by atoms with Crippen LogP contribution in [0.2, 0.25) is 0 Å². The van der Waals surface area contributed by atoms with Gasteiger partial charge in [0, 0.05) is 30.2 Å². The molecule has 0 aliphatic heterocycles. The third kappa shape index (κ3) is 2.85. The van der Waals surface area contributed by atoms with Crippen LogP contribution in [0, 0.1) is 17.8 Å². The number of carbonyl (C=O) groups excluding carboxylic acids is 1. The summed E-state index contributed by atoms with van der Waals surface area (Å²) >= 11 is 0. The Bertz CT molecular complexity index is 735. The van der Waals surface area contributed by atoms with Crippen LogP contribution in [0.25, 0.3) is 0 Å². The maximum Gasteiger partial charge on any atom is 0.237 e. The predicted molar refractivity (Wildman–Crippen MR) is 89.5 cm³/mol. The van der Waals surface area contributed by atoms with Crippen LogP contribution in [-0.2, 0) is 4.79 Å². The molecule has 1 aromatic heterocycles. The number of carbonyl (C=O) groups is 1. The molecule has 2 aromatic rings. The molecule has 2 saturated carbocycles. The van der Waals surface area contributed by atoms with Crippen molar-refractivity contribution in [2.45, 2.75) is 25.3 Å². The van der Waals surface area contributed by atoms with Crippen molar-refractivity contribution in [3.05, 3.63) is 42.9 Å². The van der Waals surface area contributed by atoms with Gasteiger partial charge in [0.05, 0.1) is 12.1 Å². The molecule has 1 heterocycles. The molecule has 2 aliphatic carbocycles. The van der Waals surface area contributed by atoms with E-state index >= 15 is 0 Å². The van der Waals surface area contributed by atoms with E-state index in [4.69, 9.17) is 10.5 Å². The third-order valence-electron chi connectivity index (χ3n) is 5.15. The molecule has 4 unspecified atom stereocenters. The number of ether oxygens (including phenoxy) is 1. The predicted octanol–water partition coefficient (Wildman–Crippen LogP) is 2.58. The quantitative estimate of drug-likeness (QED) is 0.902. The fourth-order valence-corrected chi connectivity index (χ4v) is 4.05. The molecule has 0 spiro atoms. The Hall–Kier alpha value is -2.47. The van der Waals surface area contributed by atoms with E-state index in [-0.39, 0.29) is 17.9 Å². The number of amides is 1. The molecule has 3 N–H and O–H groups in total. The molecule has 124 valence electrons. The van der Waals surface area contributed by atoms with Crippen LogP contribution in [-0.4, -0.2) is 21.9 Å². The van der Waals surface area contributed by atoms with Gasteiger partial charge in [-0.3, -0.25) is 9.78 Å². The van der Waals surface area contributed by atoms with Crippen LogP contribution in [0.4, 0.5) is 5.69 Å². The maximum atomic E-state index is 12.6. The minimum Gasteiger partial charge on any atom is -0.437 e. The number of benzene rings is 1. The zero-order chi connectivity index (χ0) is 16.5. The Morgan fingerprint density at radius 2 is 2.12 bits per heavy atom. The third-order valence-corrected chi connectivity index (χ3v) is 5.15. The molecule has 2 bridgehead atoms. The van der Waals surface area contributed by atoms with E-state index in [1.54, 1.807) is 24.7 Å². The molecular formula is C18H20N4O2. The number of hydrogen-bond acceptors (Lipinski definition) is 5. The van der Waals surface area contributed by atoms with E-state index in [1.165, 1.54) is 0 Å². The van der Waals surface area contributed by atoms with Crippen molar-refractivity contribution in [1.82, 2.24) is 9.97 Å². The first-order valence-corrected chi connectivity index (χ1v) is 8.31. The lowest BCUT2D eigenvalue weighted by molar-refractivity contribution is -0.121. The molecule has 1 amide bonds. The van der Waals surface area contributed by atoms with Gasteiger partial charge in [-0.2, -0.15) is 0 Å². The van der Waals surface area contributed by atoms with Gasteiger partial charge in [0.25, 0.3) is 0 Å². The standard InChI is InChI=1S/C18H20N4O2/c19-17-12-5-4-11(8-12)16(17)18(23)22-13-2-1-3-14(9-13)24-15-10-20-6-7-21-15/h1-3,6-7,9-12,16-17H,4-5,8,19H2,(H,22,23). The molecule has 0 saturated heterocycles. The smallest absolute Gasteiger partial charge is 0.237 e. The Kier molecular flexibility index (Phi) is 3.90. The number of fused-ring (bicyclic) bond motifs is 2. The van der Waals surface area contributed by atoms with Crippen molar-refractivity contribution in [3.63, 3.8) is 0 Å². The highest BCUT2D eigenvalue weighted by molar-refractivity contribution is 5.93. The van der Waals surface area contributed by atoms with Gasteiger partial charge in [-0.25, -0.2) is 4.98 Å². The number of nitrogens with zero attached hydrogens (tertiary/aromatic N) is 2. The van der Waals surface area contributed by atoms with Gasteiger partial charge in [-0.15, -0.1) is 0 Å². The lowest BCUT2D eigenvalue weighted by Crippen LogP contribution is -2.42. The van der Waals surface area contributed by atoms with Crippen molar-refractivity contribution in [2.24, 2.45) is 23.5 Å². The topological polar surface area (TPSA) is 90.1 Å². The second kappa shape index (κ2) is 6.20. The van der Waals surface area contributed by atoms with E-state index in [1.807, 2.05) is 18.2 Å². The van der Waals surface area contributed by atoms with Crippen LogP contribution in [0.1, 0.15) is 19.3 Å². The number of anilines is 1. The number of nitrogens with two attached hydrogens (primary N) is 1. The number of nitrogens with one attached hydrogen (secondary N) is 1. The van der Waals surface area contributed by atoms with Crippen LogP contribution in [0.5, 0.6) is 11.6 Å². The number of rotatable bonds is 4. The molecular weight excluding hydrogens is 304 g/mol. The summed E-state index contributed by atoms with van der Waals surface area (Å²) in [5, 5.41) is 2.99. The fourth-order valence-electron chi connectivity index (χ4n) is 4.05. The van der Waals surface area contributed by atoms with E-state index in [2.05, 4.69) is 15.3 Å². The lowest BCUT2D eigenvalue weighted by atomic mass is 9.84. The zero-order valence-electron chi connectivity index (χ0n) is 13.3. The molecule has 2 fully saturated rings. The van der Waals surface area contributed by atoms with Crippen LogP contribution in [0.3, 0.4) is 0 Å². The van der Waals surface area contributed by atoms with Crippen molar-refractivity contribution in [3.8, 4) is 11.6 Å². The Morgan fingerprint density at radius 3 is 2.88 bits per heavy atom. The minimum absolute atomic E-state index is 0.0113. The van der Waals surface area contributed by atoms with Crippen LogP contribution in [0.15, 0.2) is 42.9 Å². The summed E-state index contributed by atoms with van der Waals surface area (Å²) in [6, 6.07) is 7.27. The monoisotopic (exact) mass is 324 g/mol. The summed E-state index contributed by atoms with van der Waals surface area (Å²) in [4.78, 5) is 20.7. The highest BCUT2D eigenvalue weighted by Gasteiger charge is 2.49. The average molecular weight is 324 g/mol. The molecule has 4 atom stereocenters. The number of hydrogen-bond donors (Lipinski definition) is 2. The van der Waals surface area contributed by atoms with E-state index < -0.39 is 0 Å². The summed E-state index contributed by atoms with van der Waals surface area (Å²) < 4.78 is 5.65. The zero-order valence-corrected chi connectivity index (χ0v) is 13.3. The van der Waals surface area contributed by atoms with Gasteiger partial charge in [-0.05, 0) is 43.2 Å². The summed E-state index contributed by atoms with van der Waals surface area (Å²) in [6.45, 7) is 0. The molecule has 24 heavy (non-hydrogen) atoms. The van der Waals surface area contributed by atoms with Gasteiger partial charge >= 0.3 is 0 Å². The summed E-state index contributed by atoms with van der Waals surface area (Å²) in [5.74, 6) is 1.91. The van der Waals surface area contributed by atoms with Gasteiger partial charge in [0.1, 0.15) is 5.75 Å². The van der Waals surface area contributed by atoms with Gasteiger partial charge < -0.3 is 15.8 Å². The lowest BCUT2D eigenvalue weighted by Gasteiger charge is -2.27. The highest BCUT2D eigenvalue weighted by atomic mass is 16.5. The number of aromatic nitrogens is 2. The van der Waals surface area contributed by atoms with Crippen molar-refractivity contribution in [1.29, 1.82) is 0 Å². The average Bonchev–Trinajstić information content (AvgIpc) is 3.17. The molecule has 4 rings (SSSR count). The van der Waals surface area contributed by atoms with Gasteiger partial charge in [0.2, 0.25) is 11.8 Å². The Balaban J connectivity index is 1.45. The van der Waals surface area contributed by atoms with Gasteiger partial charge in [0.15, 0.2) is 0 Å². The SMILES string of the molecule is NC1C2CCC(C2)C1C(=O)Nc1cccc(Oc2cnccn2)c1. The Labute approximate surface area is 140 Å². The minimum atomic E-state index is -0.0756.